The Morgan fingerprint density at radius 1 is 1.57 bits per heavy atom. The molecule has 1 heterocycles. The summed E-state index contributed by atoms with van der Waals surface area (Å²) in [5.41, 5.74) is -0.353. The summed E-state index contributed by atoms with van der Waals surface area (Å²) in [4.78, 5) is 10.7. The summed E-state index contributed by atoms with van der Waals surface area (Å²) in [6.07, 6.45) is 2.69. The van der Waals surface area contributed by atoms with Crippen LogP contribution in [0.15, 0.2) is 0 Å². The number of ether oxygens (including phenoxy) is 2. The summed E-state index contributed by atoms with van der Waals surface area (Å²) in [7, 11) is 0. The fraction of sp³-hybridized carbons (Fsp3) is 0.900. The molecule has 1 aliphatic heterocycles. The van der Waals surface area contributed by atoms with E-state index in [9.17, 15) is 9.90 Å². The summed E-state index contributed by atoms with van der Waals surface area (Å²) in [5.74, 6) is -0.267. The van der Waals surface area contributed by atoms with Crippen molar-refractivity contribution in [3.05, 3.63) is 0 Å². The van der Waals surface area contributed by atoms with Crippen molar-refractivity contribution in [1.82, 2.24) is 0 Å². The second kappa shape index (κ2) is 3.21. The summed E-state index contributed by atoms with van der Waals surface area (Å²) in [6.45, 7) is 2.52. The maximum atomic E-state index is 10.7. The first-order chi connectivity index (χ1) is 6.60. The summed E-state index contributed by atoms with van der Waals surface area (Å²) < 4.78 is 10.6. The number of carbonyl (C=O) groups is 1. The molecule has 1 saturated carbocycles. The molecule has 0 amide bonds. The van der Waals surface area contributed by atoms with E-state index >= 15 is 0 Å². The third kappa shape index (κ3) is 1.53. The van der Waals surface area contributed by atoms with E-state index < -0.39 is 0 Å². The molecule has 2 bridgehead atoms. The molecule has 0 spiro atoms. The summed E-state index contributed by atoms with van der Waals surface area (Å²) >= 11 is 0. The lowest BCUT2D eigenvalue weighted by Gasteiger charge is -2.27. The van der Waals surface area contributed by atoms with E-state index in [1.807, 2.05) is 0 Å². The van der Waals surface area contributed by atoms with E-state index in [1.165, 1.54) is 6.92 Å². The molecule has 0 aromatic carbocycles. The van der Waals surface area contributed by atoms with Crippen LogP contribution in [0, 0.1) is 5.41 Å². The van der Waals surface area contributed by atoms with Gasteiger partial charge in [0.05, 0.1) is 13.2 Å². The zero-order valence-corrected chi connectivity index (χ0v) is 8.41. The fourth-order valence-electron chi connectivity index (χ4n) is 2.48. The Balaban J connectivity index is 1.97. The minimum absolute atomic E-state index is 0.0554. The van der Waals surface area contributed by atoms with Crippen LogP contribution in [0.3, 0.4) is 0 Å². The van der Waals surface area contributed by atoms with Gasteiger partial charge in [-0.05, 0) is 19.3 Å². The Bertz CT molecular complexity index is 241. The average molecular weight is 200 g/mol. The number of hydrogen-bond acceptors (Lipinski definition) is 4. The molecule has 0 radical (unpaired) electrons. The van der Waals surface area contributed by atoms with Crippen LogP contribution >= 0.6 is 0 Å². The SMILES string of the molecule is CC(=O)OCC12CCC(CO)(CO1)C2. The van der Waals surface area contributed by atoms with Gasteiger partial charge in [0.25, 0.3) is 0 Å². The van der Waals surface area contributed by atoms with Crippen molar-refractivity contribution in [3.8, 4) is 0 Å². The van der Waals surface area contributed by atoms with Gasteiger partial charge in [0.1, 0.15) is 12.2 Å². The number of aliphatic hydroxyl groups is 1. The van der Waals surface area contributed by atoms with Gasteiger partial charge in [0.15, 0.2) is 0 Å². The molecule has 2 rings (SSSR count). The lowest BCUT2D eigenvalue weighted by atomic mass is 9.89. The van der Waals surface area contributed by atoms with E-state index in [0.717, 1.165) is 19.3 Å². The highest BCUT2D eigenvalue weighted by Gasteiger charge is 2.55. The summed E-state index contributed by atoms with van der Waals surface area (Å²) in [5, 5.41) is 9.25. The molecule has 2 atom stereocenters. The smallest absolute Gasteiger partial charge is 0.302 e. The molecule has 1 saturated heterocycles. The van der Waals surface area contributed by atoms with Crippen molar-refractivity contribution >= 4 is 5.97 Å². The monoisotopic (exact) mass is 200 g/mol. The third-order valence-corrected chi connectivity index (χ3v) is 3.37. The van der Waals surface area contributed by atoms with Gasteiger partial charge in [-0.15, -0.1) is 0 Å². The lowest BCUT2D eigenvalue weighted by molar-refractivity contribution is -0.151. The highest BCUT2D eigenvalue weighted by molar-refractivity contribution is 5.65. The molecule has 0 aromatic rings. The van der Waals surface area contributed by atoms with E-state index in [-0.39, 0.29) is 23.6 Å². The van der Waals surface area contributed by atoms with Crippen LogP contribution in [0.25, 0.3) is 0 Å². The lowest BCUT2D eigenvalue weighted by Crippen LogP contribution is -2.33. The minimum atomic E-state index is -0.297. The van der Waals surface area contributed by atoms with Gasteiger partial charge in [-0.2, -0.15) is 0 Å². The predicted molar refractivity (Wildman–Crippen MR) is 48.7 cm³/mol. The van der Waals surface area contributed by atoms with Crippen LogP contribution in [0.1, 0.15) is 26.2 Å². The van der Waals surface area contributed by atoms with Gasteiger partial charge in [-0.3, -0.25) is 4.79 Å². The molecule has 2 aliphatic rings. The molecule has 2 fully saturated rings. The van der Waals surface area contributed by atoms with Crippen LogP contribution in [0.5, 0.6) is 0 Å². The van der Waals surface area contributed by atoms with Crippen molar-refractivity contribution in [2.75, 3.05) is 19.8 Å². The molecule has 1 N–H and O–H groups in total. The first kappa shape index (κ1) is 9.93. The average Bonchev–Trinajstić information content (AvgIpc) is 2.72. The zero-order chi connectivity index (χ0) is 10.2. The molecule has 1 aliphatic carbocycles. The number of hydrogen-bond donors (Lipinski definition) is 1. The maximum absolute atomic E-state index is 10.7. The summed E-state index contributed by atoms with van der Waals surface area (Å²) in [6, 6.07) is 0. The third-order valence-electron chi connectivity index (χ3n) is 3.37. The number of rotatable bonds is 3. The van der Waals surface area contributed by atoms with Gasteiger partial charge in [0.2, 0.25) is 0 Å². The van der Waals surface area contributed by atoms with E-state index in [0.29, 0.717) is 13.2 Å². The molecule has 4 nitrogen and oxygen atoms in total. The highest BCUT2D eigenvalue weighted by Crippen LogP contribution is 2.52. The first-order valence-corrected chi connectivity index (χ1v) is 4.98. The van der Waals surface area contributed by atoms with Gasteiger partial charge in [-0.25, -0.2) is 0 Å². The van der Waals surface area contributed by atoms with Crippen LogP contribution in [0.2, 0.25) is 0 Å². The standard InChI is InChI=1S/C10H16O4/c1-8(12)13-7-10-3-2-9(4-10,5-11)6-14-10/h11H,2-7H2,1H3. The number of esters is 1. The van der Waals surface area contributed by atoms with Crippen LogP contribution in [-0.2, 0) is 14.3 Å². The molecule has 2 unspecified atom stereocenters. The van der Waals surface area contributed by atoms with Crippen molar-refractivity contribution in [3.63, 3.8) is 0 Å². The van der Waals surface area contributed by atoms with Crippen LogP contribution < -0.4 is 0 Å². The van der Waals surface area contributed by atoms with Crippen molar-refractivity contribution in [2.24, 2.45) is 5.41 Å². The molecular weight excluding hydrogens is 184 g/mol. The van der Waals surface area contributed by atoms with Gasteiger partial charge < -0.3 is 14.6 Å². The van der Waals surface area contributed by atoms with E-state index in [4.69, 9.17) is 9.47 Å². The number of fused-ring (bicyclic) bond motifs is 2. The van der Waals surface area contributed by atoms with Crippen LogP contribution in [-0.4, -0.2) is 36.5 Å². The van der Waals surface area contributed by atoms with Crippen LogP contribution in [0.4, 0.5) is 0 Å². The number of aliphatic hydroxyl groups excluding tert-OH is 1. The molecule has 14 heavy (non-hydrogen) atoms. The topological polar surface area (TPSA) is 55.8 Å². The van der Waals surface area contributed by atoms with Gasteiger partial charge >= 0.3 is 5.97 Å². The largest absolute Gasteiger partial charge is 0.463 e. The van der Waals surface area contributed by atoms with Crippen molar-refractivity contribution < 1.29 is 19.4 Å². The molecule has 0 aromatic heterocycles. The van der Waals surface area contributed by atoms with Crippen molar-refractivity contribution in [2.45, 2.75) is 31.8 Å². The maximum Gasteiger partial charge on any atom is 0.302 e. The van der Waals surface area contributed by atoms with E-state index in [1.54, 1.807) is 0 Å². The quantitative estimate of drug-likeness (QED) is 0.673. The van der Waals surface area contributed by atoms with Gasteiger partial charge in [0, 0.05) is 12.3 Å². The van der Waals surface area contributed by atoms with E-state index in [2.05, 4.69) is 0 Å². The Morgan fingerprint density at radius 2 is 2.36 bits per heavy atom. The van der Waals surface area contributed by atoms with Gasteiger partial charge in [-0.1, -0.05) is 0 Å². The Morgan fingerprint density at radius 3 is 2.79 bits per heavy atom. The zero-order valence-electron chi connectivity index (χ0n) is 8.41. The predicted octanol–water partition coefficient (Wildman–Crippen LogP) is 0.481. The molecular formula is C10H16O4. The molecule has 80 valence electrons. The fourth-order valence-corrected chi connectivity index (χ4v) is 2.48. The Kier molecular flexibility index (Phi) is 2.27. The second-order valence-electron chi connectivity index (χ2n) is 4.59. The normalized spacial score (nSPS) is 40.1. The van der Waals surface area contributed by atoms with Crippen molar-refractivity contribution in [1.29, 1.82) is 0 Å². The molecule has 4 heteroatoms. The minimum Gasteiger partial charge on any atom is -0.463 e. The first-order valence-electron chi connectivity index (χ1n) is 4.98. The Hall–Kier alpha value is -0.610. The number of carbonyl (C=O) groups excluding carboxylic acids is 1. The second-order valence-corrected chi connectivity index (χ2v) is 4.59. The highest BCUT2D eigenvalue weighted by atomic mass is 16.6. The Labute approximate surface area is 83.2 Å².